The zero-order chi connectivity index (χ0) is 15.5. The van der Waals surface area contributed by atoms with Crippen LogP contribution in [0.15, 0.2) is 56.3 Å². The third kappa shape index (κ3) is 2.69. The molecule has 0 radical (unpaired) electrons. The minimum Gasteiger partial charge on any atom is -0.465 e. The Balaban J connectivity index is 1.88. The highest BCUT2D eigenvalue weighted by Gasteiger charge is 2.13. The summed E-state index contributed by atoms with van der Waals surface area (Å²) in [5.41, 5.74) is 1.13. The molecule has 0 saturated carbocycles. The van der Waals surface area contributed by atoms with E-state index >= 15 is 0 Å². The molecule has 0 aliphatic heterocycles. The first kappa shape index (κ1) is 13.9. The number of carbonyl (C=O) groups excluding carboxylic acids is 1. The standard InChI is InChI=1S/C15H12N2O5/c1-20-14(18)11-5-2-4-10(8-11)9-17-15(19)22-13(16-17)12-6-3-7-21-12/h2-8H,9H2,1H3. The van der Waals surface area contributed by atoms with Gasteiger partial charge in [0.05, 0.1) is 25.5 Å². The summed E-state index contributed by atoms with van der Waals surface area (Å²) in [7, 11) is 1.31. The summed E-state index contributed by atoms with van der Waals surface area (Å²) in [4.78, 5) is 23.3. The molecular formula is C15H12N2O5. The van der Waals surface area contributed by atoms with Crippen molar-refractivity contribution in [2.45, 2.75) is 6.54 Å². The van der Waals surface area contributed by atoms with E-state index in [0.29, 0.717) is 11.3 Å². The van der Waals surface area contributed by atoms with Gasteiger partial charge >= 0.3 is 11.7 Å². The molecule has 0 bridgehead atoms. The number of furan rings is 1. The lowest BCUT2D eigenvalue weighted by Gasteiger charge is -2.03. The second-order valence-corrected chi connectivity index (χ2v) is 4.50. The molecular weight excluding hydrogens is 288 g/mol. The highest BCUT2D eigenvalue weighted by Crippen LogP contribution is 2.15. The second-order valence-electron chi connectivity index (χ2n) is 4.50. The lowest BCUT2D eigenvalue weighted by Crippen LogP contribution is -2.16. The van der Waals surface area contributed by atoms with Crippen molar-refractivity contribution in [3.05, 3.63) is 64.3 Å². The Morgan fingerprint density at radius 1 is 1.32 bits per heavy atom. The summed E-state index contributed by atoms with van der Waals surface area (Å²) in [5.74, 6) is -0.557. The Kier molecular flexibility index (Phi) is 3.61. The van der Waals surface area contributed by atoms with Crippen LogP contribution in [0.5, 0.6) is 0 Å². The van der Waals surface area contributed by atoms with E-state index in [2.05, 4.69) is 9.84 Å². The van der Waals surface area contributed by atoms with Crippen LogP contribution in [0.2, 0.25) is 0 Å². The van der Waals surface area contributed by atoms with Crippen molar-refractivity contribution in [3.8, 4) is 11.7 Å². The van der Waals surface area contributed by atoms with Crippen LogP contribution < -0.4 is 5.76 Å². The first-order valence-electron chi connectivity index (χ1n) is 6.46. The molecule has 1 aromatic carbocycles. The molecule has 3 rings (SSSR count). The Labute approximate surface area is 124 Å². The zero-order valence-corrected chi connectivity index (χ0v) is 11.7. The molecule has 0 spiro atoms. The monoisotopic (exact) mass is 300 g/mol. The average molecular weight is 300 g/mol. The summed E-state index contributed by atoms with van der Waals surface area (Å²) < 4.78 is 16.0. The van der Waals surface area contributed by atoms with E-state index in [1.54, 1.807) is 36.4 Å². The van der Waals surface area contributed by atoms with Gasteiger partial charge in [-0.05, 0) is 29.8 Å². The maximum absolute atomic E-state index is 11.8. The van der Waals surface area contributed by atoms with Crippen molar-refractivity contribution in [3.63, 3.8) is 0 Å². The first-order valence-corrected chi connectivity index (χ1v) is 6.46. The van der Waals surface area contributed by atoms with Crippen molar-refractivity contribution >= 4 is 5.97 Å². The van der Waals surface area contributed by atoms with Gasteiger partial charge in [-0.3, -0.25) is 0 Å². The van der Waals surface area contributed by atoms with Crippen molar-refractivity contribution in [2.75, 3.05) is 7.11 Å². The molecule has 0 aliphatic rings. The molecule has 7 heteroatoms. The molecule has 2 heterocycles. The minimum atomic E-state index is -0.602. The van der Waals surface area contributed by atoms with Gasteiger partial charge < -0.3 is 13.6 Å². The zero-order valence-electron chi connectivity index (χ0n) is 11.7. The van der Waals surface area contributed by atoms with E-state index in [0.717, 1.165) is 10.2 Å². The highest BCUT2D eigenvalue weighted by atomic mass is 16.5. The van der Waals surface area contributed by atoms with E-state index in [4.69, 9.17) is 8.83 Å². The van der Waals surface area contributed by atoms with Crippen LogP contribution in [-0.2, 0) is 11.3 Å². The molecule has 0 amide bonds. The number of esters is 1. The van der Waals surface area contributed by atoms with Gasteiger partial charge in [0.2, 0.25) is 0 Å². The van der Waals surface area contributed by atoms with E-state index in [1.165, 1.54) is 13.4 Å². The molecule has 7 nitrogen and oxygen atoms in total. The van der Waals surface area contributed by atoms with E-state index in [1.807, 2.05) is 0 Å². The molecule has 22 heavy (non-hydrogen) atoms. The van der Waals surface area contributed by atoms with E-state index < -0.39 is 11.7 Å². The summed E-state index contributed by atoms with van der Waals surface area (Å²) in [6.45, 7) is 0.174. The maximum atomic E-state index is 11.8. The lowest BCUT2D eigenvalue weighted by atomic mass is 10.1. The highest BCUT2D eigenvalue weighted by molar-refractivity contribution is 5.89. The molecule has 0 fully saturated rings. The topological polar surface area (TPSA) is 87.5 Å². The van der Waals surface area contributed by atoms with Gasteiger partial charge in [-0.15, -0.1) is 5.10 Å². The van der Waals surface area contributed by atoms with Gasteiger partial charge in [0.1, 0.15) is 0 Å². The predicted octanol–water partition coefficient (Wildman–Crippen LogP) is 1.93. The van der Waals surface area contributed by atoms with Gasteiger partial charge in [-0.25, -0.2) is 9.59 Å². The predicted molar refractivity (Wildman–Crippen MR) is 75.3 cm³/mol. The third-order valence-electron chi connectivity index (χ3n) is 3.02. The van der Waals surface area contributed by atoms with Crippen LogP contribution in [0.25, 0.3) is 11.7 Å². The maximum Gasteiger partial charge on any atom is 0.437 e. The van der Waals surface area contributed by atoms with Gasteiger partial charge in [-0.2, -0.15) is 4.68 Å². The van der Waals surface area contributed by atoms with Crippen molar-refractivity contribution in [1.82, 2.24) is 9.78 Å². The molecule has 0 aliphatic carbocycles. The Morgan fingerprint density at radius 2 is 2.18 bits per heavy atom. The molecule has 0 unspecified atom stereocenters. The Hall–Kier alpha value is -3.09. The van der Waals surface area contributed by atoms with Gasteiger partial charge in [0, 0.05) is 0 Å². The van der Waals surface area contributed by atoms with Gasteiger partial charge in [0.25, 0.3) is 5.89 Å². The number of hydrogen-bond acceptors (Lipinski definition) is 6. The van der Waals surface area contributed by atoms with Gasteiger partial charge in [-0.1, -0.05) is 12.1 Å². The number of methoxy groups -OCH3 is 1. The van der Waals surface area contributed by atoms with Crippen LogP contribution >= 0.6 is 0 Å². The number of carbonyl (C=O) groups is 1. The number of rotatable bonds is 4. The number of hydrogen-bond donors (Lipinski definition) is 0. The molecule has 0 atom stereocenters. The number of benzene rings is 1. The number of nitrogens with zero attached hydrogens (tertiary/aromatic N) is 2. The lowest BCUT2D eigenvalue weighted by molar-refractivity contribution is 0.0600. The third-order valence-corrected chi connectivity index (χ3v) is 3.02. The van der Waals surface area contributed by atoms with Crippen LogP contribution in [-0.4, -0.2) is 22.9 Å². The van der Waals surface area contributed by atoms with E-state index in [9.17, 15) is 9.59 Å². The normalized spacial score (nSPS) is 10.6. The summed E-state index contributed by atoms with van der Waals surface area (Å²) in [5, 5.41) is 4.07. The van der Waals surface area contributed by atoms with Gasteiger partial charge in [0.15, 0.2) is 5.76 Å². The largest absolute Gasteiger partial charge is 0.465 e. The molecule has 3 aromatic rings. The fraction of sp³-hybridized carbons (Fsp3) is 0.133. The summed E-state index contributed by atoms with van der Waals surface area (Å²) >= 11 is 0. The SMILES string of the molecule is COC(=O)c1cccc(Cn2nc(-c3ccco3)oc2=O)c1. The number of ether oxygens (including phenoxy) is 1. The first-order chi connectivity index (χ1) is 10.7. The van der Waals surface area contributed by atoms with E-state index in [-0.39, 0.29) is 12.4 Å². The smallest absolute Gasteiger partial charge is 0.437 e. The second kappa shape index (κ2) is 5.72. The quantitative estimate of drug-likeness (QED) is 0.684. The van der Waals surface area contributed by atoms with Crippen LogP contribution in [0.4, 0.5) is 0 Å². The summed E-state index contributed by atoms with van der Waals surface area (Å²) in [6, 6.07) is 10.1. The van der Waals surface area contributed by atoms with Crippen molar-refractivity contribution < 1.29 is 18.4 Å². The van der Waals surface area contributed by atoms with Crippen LogP contribution in [0.1, 0.15) is 15.9 Å². The molecule has 0 saturated heterocycles. The number of aromatic nitrogens is 2. The average Bonchev–Trinajstić information content (AvgIpc) is 3.17. The molecule has 0 N–H and O–H groups in total. The minimum absolute atomic E-state index is 0.110. The summed E-state index contributed by atoms with van der Waals surface area (Å²) in [6.07, 6.45) is 1.47. The van der Waals surface area contributed by atoms with Crippen molar-refractivity contribution in [1.29, 1.82) is 0 Å². The van der Waals surface area contributed by atoms with Crippen LogP contribution in [0, 0.1) is 0 Å². The Morgan fingerprint density at radius 3 is 2.91 bits per heavy atom. The fourth-order valence-electron chi connectivity index (χ4n) is 1.99. The van der Waals surface area contributed by atoms with Crippen LogP contribution in [0.3, 0.4) is 0 Å². The van der Waals surface area contributed by atoms with Crippen molar-refractivity contribution in [2.24, 2.45) is 0 Å². The molecule has 112 valence electrons. The Bertz CT molecular complexity index is 845. The molecule has 2 aromatic heterocycles. The fourth-order valence-corrected chi connectivity index (χ4v) is 1.99.